The molecule has 1 fully saturated rings. The van der Waals surface area contributed by atoms with E-state index in [2.05, 4.69) is 15.3 Å². The van der Waals surface area contributed by atoms with Gasteiger partial charge in [-0.2, -0.15) is 0 Å². The van der Waals surface area contributed by atoms with E-state index >= 15 is 0 Å². The molecule has 1 aromatic carbocycles. The van der Waals surface area contributed by atoms with Gasteiger partial charge in [-0.1, -0.05) is 42.1 Å². The summed E-state index contributed by atoms with van der Waals surface area (Å²) in [5.41, 5.74) is 2.75. The highest BCUT2D eigenvalue weighted by Crippen LogP contribution is 2.33. The van der Waals surface area contributed by atoms with E-state index in [1.807, 2.05) is 50.2 Å². The molecule has 1 aliphatic rings. The van der Waals surface area contributed by atoms with E-state index in [9.17, 15) is 4.79 Å². The summed E-state index contributed by atoms with van der Waals surface area (Å²) in [6.07, 6.45) is 2.19. The number of amides is 1. The largest absolute Gasteiger partial charge is 0.376 e. The Morgan fingerprint density at radius 1 is 1.28 bits per heavy atom. The van der Waals surface area contributed by atoms with Crippen LogP contribution in [0.2, 0.25) is 0 Å². The quantitative estimate of drug-likeness (QED) is 0.635. The number of hydrogen-bond acceptors (Lipinski definition) is 5. The van der Waals surface area contributed by atoms with Gasteiger partial charge in [0.2, 0.25) is 5.91 Å². The fourth-order valence-electron chi connectivity index (χ4n) is 2.86. The molecule has 2 heterocycles. The van der Waals surface area contributed by atoms with Gasteiger partial charge < -0.3 is 10.1 Å². The number of ether oxygens (including phenoxy) is 1. The lowest BCUT2D eigenvalue weighted by atomic mass is 10.1. The van der Waals surface area contributed by atoms with Gasteiger partial charge in [0, 0.05) is 24.5 Å². The summed E-state index contributed by atoms with van der Waals surface area (Å²) in [4.78, 5) is 21.8. The second-order valence-corrected chi connectivity index (χ2v) is 7.29. The van der Waals surface area contributed by atoms with E-state index < -0.39 is 0 Å². The summed E-state index contributed by atoms with van der Waals surface area (Å²) in [5, 5.41) is 3.27. The highest BCUT2D eigenvalue weighted by Gasteiger charge is 2.25. The van der Waals surface area contributed by atoms with Crippen LogP contribution in [0.4, 0.5) is 0 Å². The summed E-state index contributed by atoms with van der Waals surface area (Å²) in [7, 11) is 0. The summed E-state index contributed by atoms with van der Waals surface area (Å²) >= 11 is 1.39. The Balaban J connectivity index is 1.75. The topological polar surface area (TPSA) is 64.1 Å². The third-order valence-electron chi connectivity index (χ3n) is 4.05. The first-order valence-electron chi connectivity index (χ1n) is 8.55. The first-order chi connectivity index (χ1) is 12.1. The fraction of sp³-hybridized carbons (Fsp3) is 0.421. The zero-order valence-electron chi connectivity index (χ0n) is 14.6. The normalized spacial score (nSPS) is 18.1. The third kappa shape index (κ3) is 5.03. The summed E-state index contributed by atoms with van der Waals surface area (Å²) in [6.45, 7) is 5.21. The Labute approximate surface area is 152 Å². The molecule has 0 aliphatic carbocycles. The molecular weight excluding hydrogens is 334 g/mol. The lowest BCUT2D eigenvalue weighted by Gasteiger charge is -2.18. The molecule has 2 unspecified atom stereocenters. The maximum Gasteiger partial charge on any atom is 0.238 e. The molecule has 132 valence electrons. The van der Waals surface area contributed by atoms with E-state index in [4.69, 9.17) is 4.74 Å². The molecule has 1 aromatic heterocycles. The van der Waals surface area contributed by atoms with Crippen LogP contribution in [-0.2, 0) is 9.53 Å². The first-order valence-corrected chi connectivity index (χ1v) is 9.43. The second kappa shape index (κ2) is 8.45. The van der Waals surface area contributed by atoms with Crippen molar-refractivity contribution in [3.63, 3.8) is 0 Å². The van der Waals surface area contributed by atoms with Gasteiger partial charge in [-0.25, -0.2) is 9.97 Å². The minimum atomic E-state index is -0.385. The molecule has 3 rings (SSSR count). The monoisotopic (exact) mass is 357 g/mol. The fourth-order valence-corrected chi connectivity index (χ4v) is 3.95. The van der Waals surface area contributed by atoms with Crippen molar-refractivity contribution in [1.82, 2.24) is 15.3 Å². The molecule has 0 saturated carbocycles. The van der Waals surface area contributed by atoms with Crippen LogP contribution in [0.1, 0.15) is 35.0 Å². The number of nitrogens with zero attached hydrogens (tertiary/aromatic N) is 2. The van der Waals surface area contributed by atoms with Crippen molar-refractivity contribution in [2.45, 2.75) is 43.2 Å². The second-order valence-electron chi connectivity index (χ2n) is 6.22. The zero-order valence-corrected chi connectivity index (χ0v) is 15.4. The summed E-state index contributed by atoms with van der Waals surface area (Å²) in [5.74, 6) is -0.0329. The molecule has 1 amide bonds. The van der Waals surface area contributed by atoms with Crippen LogP contribution in [0.15, 0.2) is 41.6 Å². The number of hydrogen-bond donors (Lipinski definition) is 1. The molecule has 0 bridgehead atoms. The molecule has 1 N–H and O–H groups in total. The number of benzene rings is 1. The zero-order chi connectivity index (χ0) is 17.6. The SMILES string of the molecule is Cc1cc(C)nc(SC(C(=O)NCC2CCCO2)c2ccccc2)n1. The number of aromatic nitrogens is 2. The molecule has 1 aliphatic heterocycles. The number of thioether (sulfide) groups is 1. The summed E-state index contributed by atoms with van der Waals surface area (Å²) in [6, 6.07) is 11.7. The Hall–Kier alpha value is -1.92. The molecule has 2 aromatic rings. The average molecular weight is 357 g/mol. The van der Waals surface area contributed by atoms with Crippen molar-refractivity contribution >= 4 is 17.7 Å². The van der Waals surface area contributed by atoms with Crippen molar-refractivity contribution in [2.75, 3.05) is 13.2 Å². The van der Waals surface area contributed by atoms with Gasteiger partial charge >= 0.3 is 0 Å². The lowest BCUT2D eigenvalue weighted by Crippen LogP contribution is -2.34. The van der Waals surface area contributed by atoms with Gasteiger partial charge in [0.15, 0.2) is 5.16 Å². The van der Waals surface area contributed by atoms with Crippen LogP contribution in [0.3, 0.4) is 0 Å². The minimum absolute atomic E-state index is 0.0329. The molecule has 2 atom stereocenters. The van der Waals surface area contributed by atoms with Gasteiger partial charge in [0.1, 0.15) is 5.25 Å². The molecule has 25 heavy (non-hydrogen) atoms. The van der Waals surface area contributed by atoms with Crippen molar-refractivity contribution in [3.05, 3.63) is 53.3 Å². The smallest absolute Gasteiger partial charge is 0.238 e. The molecule has 1 saturated heterocycles. The van der Waals surface area contributed by atoms with Crippen LogP contribution >= 0.6 is 11.8 Å². The molecule has 0 radical (unpaired) electrons. The predicted octanol–water partition coefficient (Wildman–Crippen LogP) is 3.22. The van der Waals surface area contributed by atoms with Crippen LogP contribution in [-0.4, -0.2) is 35.1 Å². The van der Waals surface area contributed by atoms with Crippen LogP contribution in [0.5, 0.6) is 0 Å². The molecule has 0 spiro atoms. The van der Waals surface area contributed by atoms with Crippen molar-refractivity contribution in [2.24, 2.45) is 0 Å². The number of rotatable bonds is 6. The van der Waals surface area contributed by atoms with E-state index in [-0.39, 0.29) is 17.3 Å². The Morgan fingerprint density at radius 2 is 2.00 bits per heavy atom. The minimum Gasteiger partial charge on any atom is -0.376 e. The number of nitrogens with one attached hydrogen (secondary N) is 1. The number of aryl methyl sites for hydroxylation is 2. The van der Waals surface area contributed by atoms with E-state index in [1.54, 1.807) is 0 Å². The Kier molecular flexibility index (Phi) is 6.04. The van der Waals surface area contributed by atoms with Gasteiger partial charge in [-0.15, -0.1) is 0 Å². The van der Waals surface area contributed by atoms with Crippen LogP contribution in [0, 0.1) is 13.8 Å². The number of carbonyl (C=O) groups is 1. The predicted molar refractivity (Wildman–Crippen MR) is 98.5 cm³/mol. The highest BCUT2D eigenvalue weighted by atomic mass is 32.2. The Bertz CT molecular complexity index is 698. The van der Waals surface area contributed by atoms with Crippen LogP contribution < -0.4 is 5.32 Å². The molecule has 5 nitrogen and oxygen atoms in total. The third-order valence-corrected chi connectivity index (χ3v) is 5.17. The molecule has 6 heteroatoms. The Morgan fingerprint density at radius 3 is 2.64 bits per heavy atom. The van der Waals surface area contributed by atoms with Gasteiger partial charge in [0.05, 0.1) is 6.10 Å². The standard InChI is InChI=1S/C19H23N3O2S/c1-13-11-14(2)22-19(21-13)25-17(15-7-4-3-5-8-15)18(23)20-12-16-9-6-10-24-16/h3-5,7-8,11,16-17H,6,9-10,12H2,1-2H3,(H,20,23). The van der Waals surface area contributed by atoms with E-state index in [1.165, 1.54) is 11.8 Å². The number of carbonyl (C=O) groups excluding carboxylic acids is 1. The van der Waals surface area contributed by atoms with Crippen molar-refractivity contribution < 1.29 is 9.53 Å². The lowest BCUT2D eigenvalue weighted by molar-refractivity contribution is -0.121. The average Bonchev–Trinajstić information content (AvgIpc) is 3.11. The van der Waals surface area contributed by atoms with E-state index in [0.717, 1.165) is 36.4 Å². The maximum absolute atomic E-state index is 12.8. The van der Waals surface area contributed by atoms with Crippen LogP contribution in [0.25, 0.3) is 0 Å². The molecular formula is C19H23N3O2S. The first kappa shape index (κ1) is 17.9. The van der Waals surface area contributed by atoms with Crippen molar-refractivity contribution in [1.29, 1.82) is 0 Å². The van der Waals surface area contributed by atoms with E-state index in [0.29, 0.717) is 11.7 Å². The highest BCUT2D eigenvalue weighted by molar-refractivity contribution is 8.00. The maximum atomic E-state index is 12.8. The van der Waals surface area contributed by atoms with Crippen molar-refractivity contribution in [3.8, 4) is 0 Å². The van der Waals surface area contributed by atoms with Gasteiger partial charge in [-0.3, -0.25) is 4.79 Å². The summed E-state index contributed by atoms with van der Waals surface area (Å²) < 4.78 is 5.59. The van der Waals surface area contributed by atoms with Gasteiger partial charge in [0.25, 0.3) is 0 Å². The van der Waals surface area contributed by atoms with Gasteiger partial charge in [-0.05, 0) is 38.3 Å².